The number of aliphatic hydroxyl groups is 1. The van der Waals surface area contributed by atoms with Gasteiger partial charge in [0.05, 0.1) is 24.8 Å². The molecule has 1 aromatic carbocycles. The normalized spacial score (nSPS) is 21.6. The number of ether oxygens (including phenoxy) is 1. The Morgan fingerprint density at radius 1 is 1.19 bits per heavy atom. The summed E-state index contributed by atoms with van der Waals surface area (Å²) >= 11 is 0. The number of hydrogen-bond donors (Lipinski definition) is 3. The van der Waals surface area contributed by atoms with Gasteiger partial charge in [0, 0.05) is 37.2 Å². The highest BCUT2D eigenvalue weighted by molar-refractivity contribution is 6.00. The lowest BCUT2D eigenvalue weighted by Gasteiger charge is -2.38. The highest BCUT2D eigenvalue weighted by Crippen LogP contribution is 2.31. The standard InChI is InChI=1S/C27H42N4O5/c1-17(2)28-27(35)30(5)15-24-18(3)14-31(19(4)16-32)26(34)22-13-21(11-12-23(22)36-24)29-25(33)20-9-7-6-8-10-20/h11-13,17-20,24,32H,6-10,14-16H2,1-5H3,(H,28,35)(H,29,33)/t18-,19-,24-/m1/s1. The van der Waals surface area contributed by atoms with Gasteiger partial charge in [-0.1, -0.05) is 26.2 Å². The predicted molar refractivity (Wildman–Crippen MR) is 139 cm³/mol. The molecule has 4 amide bonds. The molecular weight excluding hydrogens is 460 g/mol. The first-order valence-electron chi connectivity index (χ1n) is 13.2. The zero-order chi connectivity index (χ0) is 26.4. The van der Waals surface area contributed by atoms with Crippen LogP contribution in [0.15, 0.2) is 18.2 Å². The maximum Gasteiger partial charge on any atom is 0.317 e. The summed E-state index contributed by atoms with van der Waals surface area (Å²) in [5.41, 5.74) is 0.888. The van der Waals surface area contributed by atoms with E-state index in [0.717, 1.165) is 25.7 Å². The molecule has 0 saturated heterocycles. The number of hydrogen-bond acceptors (Lipinski definition) is 5. The number of carbonyl (C=O) groups excluding carboxylic acids is 3. The Balaban J connectivity index is 1.87. The van der Waals surface area contributed by atoms with Crippen LogP contribution in [-0.2, 0) is 4.79 Å². The number of aliphatic hydroxyl groups excluding tert-OH is 1. The van der Waals surface area contributed by atoms with Gasteiger partial charge in [-0.2, -0.15) is 0 Å². The molecule has 1 saturated carbocycles. The van der Waals surface area contributed by atoms with E-state index < -0.39 is 6.04 Å². The maximum atomic E-state index is 13.6. The zero-order valence-corrected chi connectivity index (χ0v) is 22.3. The quantitative estimate of drug-likeness (QED) is 0.529. The van der Waals surface area contributed by atoms with Gasteiger partial charge in [0.15, 0.2) is 0 Å². The molecule has 200 valence electrons. The van der Waals surface area contributed by atoms with Crippen LogP contribution >= 0.6 is 0 Å². The van der Waals surface area contributed by atoms with E-state index in [9.17, 15) is 19.5 Å². The highest BCUT2D eigenvalue weighted by Gasteiger charge is 2.34. The van der Waals surface area contributed by atoms with Gasteiger partial charge in [-0.3, -0.25) is 9.59 Å². The van der Waals surface area contributed by atoms with Crippen LogP contribution in [0.2, 0.25) is 0 Å². The zero-order valence-electron chi connectivity index (χ0n) is 22.3. The second-order valence-corrected chi connectivity index (χ2v) is 10.6. The number of anilines is 1. The second-order valence-electron chi connectivity index (χ2n) is 10.6. The van der Waals surface area contributed by atoms with Gasteiger partial charge >= 0.3 is 6.03 Å². The lowest BCUT2D eigenvalue weighted by Crippen LogP contribution is -2.51. The van der Waals surface area contributed by atoms with E-state index in [1.54, 1.807) is 42.0 Å². The molecule has 36 heavy (non-hydrogen) atoms. The largest absolute Gasteiger partial charge is 0.487 e. The van der Waals surface area contributed by atoms with Crippen molar-refractivity contribution in [1.82, 2.24) is 15.1 Å². The third-order valence-electron chi connectivity index (χ3n) is 7.12. The van der Waals surface area contributed by atoms with Gasteiger partial charge in [-0.15, -0.1) is 0 Å². The Kier molecular flexibility index (Phi) is 9.59. The maximum absolute atomic E-state index is 13.6. The Hall–Kier alpha value is -2.81. The topological polar surface area (TPSA) is 111 Å². The van der Waals surface area contributed by atoms with Crippen molar-refractivity contribution in [2.24, 2.45) is 11.8 Å². The average Bonchev–Trinajstić information content (AvgIpc) is 2.86. The number of nitrogens with one attached hydrogen (secondary N) is 2. The minimum atomic E-state index is -0.394. The minimum absolute atomic E-state index is 0.00336. The van der Waals surface area contributed by atoms with Crippen LogP contribution in [0.5, 0.6) is 5.75 Å². The van der Waals surface area contributed by atoms with Crippen LogP contribution in [0.25, 0.3) is 0 Å². The molecule has 0 unspecified atom stereocenters. The molecule has 0 bridgehead atoms. The molecule has 9 nitrogen and oxygen atoms in total. The number of carbonyl (C=O) groups is 3. The van der Waals surface area contributed by atoms with Crippen molar-refractivity contribution in [1.29, 1.82) is 0 Å². The third-order valence-corrected chi connectivity index (χ3v) is 7.12. The summed E-state index contributed by atoms with van der Waals surface area (Å²) in [6.07, 6.45) is 4.69. The van der Waals surface area contributed by atoms with Crippen molar-refractivity contribution in [3.05, 3.63) is 23.8 Å². The van der Waals surface area contributed by atoms with Crippen molar-refractivity contribution in [3.8, 4) is 5.75 Å². The van der Waals surface area contributed by atoms with Gasteiger partial charge < -0.3 is 30.3 Å². The first-order valence-corrected chi connectivity index (χ1v) is 13.2. The number of rotatable bonds is 7. The summed E-state index contributed by atoms with van der Waals surface area (Å²) in [6, 6.07) is 4.56. The van der Waals surface area contributed by atoms with E-state index in [2.05, 4.69) is 10.6 Å². The predicted octanol–water partition coefficient (Wildman–Crippen LogP) is 3.48. The van der Waals surface area contributed by atoms with Crippen LogP contribution in [-0.4, -0.2) is 77.7 Å². The molecular formula is C27H42N4O5. The van der Waals surface area contributed by atoms with Crippen molar-refractivity contribution < 1.29 is 24.2 Å². The van der Waals surface area contributed by atoms with E-state index >= 15 is 0 Å². The fourth-order valence-corrected chi connectivity index (χ4v) is 4.84. The van der Waals surface area contributed by atoms with Crippen LogP contribution in [0, 0.1) is 11.8 Å². The molecule has 3 N–H and O–H groups in total. The third kappa shape index (κ3) is 6.90. The Morgan fingerprint density at radius 2 is 1.89 bits per heavy atom. The van der Waals surface area contributed by atoms with Crippen molar-refractivity contribution >= 4 is 23.5 Å². The van der Waals surface area contributed by atoms with E-state index in [-0.39, 0.29) is 48.4 Å². The number of nitrogens with zero attached hydrogens (tertiary/aromatic N) is 2. The summed E-state index contributed by atoms with van der Waals surface area (Å²) in [7, 11) is 1.72. The fraction of sp³-hybridized carbons (Fsp3) is 0.667. The summed E-state index contributed by atoms with van der Waals surface area (Å²) in [6.45, 7) is 8.11. The molecule has 1 fully saturated rings. The van der Waals surface area contributed by atoms with Crippen LogP contribution < -0.4 is 15.4 Å². The number of amides is 4. The fourth-order valence-electron chi connectivity index (χ4n) is 4.84. The lowest BCUT2D eigenvalue weighted by atomic mass is 9.88. The van der Waals surface area contributed by atoms with Crippen molar-refractivity contribution in [3.63, 3.8) is 0 Å². The van der Waals surface area contributed by atoms with Gasteiger partial charge in [0.25, 0.3) is 5.91 Å². The summed E-state index contributed by atoms with van der Waals surface area (Å²) in [5, 5.41) is 15.7. The lowest BCUT2D eigenvalue weighted by molar-refractivity contribution is -0.120. The van der Waals surface area contributed by atoms with Crippen LogP contribution in [0.1, 0.15) is 70.2 Å². The van der Waals surface area contributed by atoms with Gasteiger partial charge in [-0.25, -0.2) is 4.79 Å². The molecule has 1 aliphatic heterocycles. The van der Waals surface area contributed by atoms with E-state index in [0.29, 0.717) is 30.1 Å². The number of fused-ring (bicyclic) bond motifs is 1. The summed E-state index contributed by atoms with van der Waals surface area (Å²) in [5.74, 6) is 0.0303. The van der Waals surface area contributed by atoms with Crippen molar-refractivity contribution in [2.45, 2.75) is 78.0 Å². The van der Waals surface area contributed by atoms with Crippen molar-refractivity contribution in [2.75, 3.05) is 32.1 Å². The SMILES string of the molecule is CC(C)NC(=O)N(C)C[C@H]1Oc2ccc(NC(=O)C3CCCCC3)cc2C(=O)N([C@H](C)CO)C[C@H]1C. The summed E-state index contributed by atoms with van der Waals surface area (Å²) in [4.78, 5) is 42.1. The molecule has 1 aliphatic carbocycles. The van der Waals surface area contributed by atoms with E-state index in [1.165, 1.54) is 6.42 Å². The molecule has 0 radical (unpaired) electrons. The highest BCUT2D eigenvalue weighted by atomic mass is 16.5. The average molecular weight is 503 g/mol. The van der Waals surface area contributed by atoms with E-state index in [4.69, 9.17) is 4.74 Å². The first-order chi connectivity index (χ1) is 17.1. The molecule has 3 rings (SSSR count). The molecule has 9 heteroatoms. The molecule has 1 heterocycles. The summed E-state index contributed by atoms with van der Waals surface area (Å²) < 4.78 is 6.34. The number of urea groups is 1. The number of likely N-dealkylation sites (N-methyl/N-ethyl adjacent to an activating group) is 1. The smallest absolute Gasteiger partial charge is 0.317 e. The van der Waals surface area contributed by atoms with Crippen LogP contribution in [0.3, 0.4) is 0 Å². The Bertz CT molecular complexity index is 931. The Labute approximate surface area is 214 Å². The number of benzene rings is 1. The molecule has 0 spiro atoms. The molecule has 0 aromatic heterocycles. The minimum Gasteiger partial charge on any atom is -0.487 e. The van der Waals surface area contributed by atoms with Gasteiger partial charge in [0.2, 0.25) is 5.91 Å². The van der Waals surface area contributed by atoms with Crippen LogP contribution in [0.4, 0.5) is 10.5 Å². The molecule has 3 atom stereocenters. The first kappa shape index (κ1) is 27.8. The van der Waals surface area contributed by atoms with Gasteiger partial charge in [0.1, 0.15) is 11.9 Å². The second kappa shape index (κ2) is 12.4. The van der Waals surface area contributed by atoms with E-state index in [1.807, 2.05) is 20.8 Å². The monoisotopic (exact) mass is 502 g/mol. The van der Waals surface area contributed by atoms with Gasteiger partial charge in [-0.05, 0) is 51.8 Å². The molecule has 1 aromatic rings. The Morgan fingerprint density at radius 3 is 2.53 bits per heavy atom. The molecule has 2 aliphatic rings.